The highest BCUT2D eigenvalue weighted by molar-refractivity contribution is 6.43. The van der Waals surface area contributed by atoms with Crippen LogP contribution in [-0.2, 0) is 6.54 Å². The highest BCUT2D eigenvalue weighted by Crippen LogP contribution is 2.32. The van der Waals surface area contributed by atoms with E-state index in [1.807, 2.05) is 42.5 Å². The molecule has 0 radical (unpaired) electrons. The molecule has 4 rings (SSSR count). The number of halogens is 2. The fourth-order valence-corrected chi connectivity index (χ4v) is 3.27. The number of rotatable bonds is 6. The Bertz CT molecular complexity index is 1160. The minimum absolute atomic E-state index is 0.198. The molecule has 1 heterocycles. The molecule has 8 heteroatoms. The Hall–Kier alpha value is -3.35. The fraction of sp³-hybridized carbons (Fsp3) is 0.0455. The van der Waals surface area contributed by atoms with Crippen molar-refractivity contribution in [2.75, 3.05) is 5.32 Å². The van der Waals surface area contributed by atoms with Gasteiger partial charge in [0.1, 0.15) is 12.7 Å². The van der Waals surface area contributed by atoms with E-state index >= 15 is 0 Å². The van der Waals surface area contributed by atoms with Gasteiger partial charge in [0.15, 0.2) is 0 Å². The van der Waals surface area contributed by atoms with Crippen LogP contribution in [0.25, 0.3) is 5.69 Å². The third kappa shape index (κ3) is 4.45. The summed E-state index contributed by atoms with van der Waals surface area (Å²) in [4.78, 5) is 16.7. The van der Waals surface area contributed by atoms with Crippen molar-refractivity contribution in [3.8, 4) is 5.69 Å². The monoisotopic (exact) mass is 437 g/mol. The van der Waals surface area contributed by atoms with E-state index in [-0.39, 0.29) is 5.91 Å². The number of nitrogens with one attached hydrogen (secondary N) is 2. The molecular weight excluding hydrogens is 421 g/mol. The number of carbonyl (C=O) groups excluding carboxylic acids is 1. The van der Waals surface area contributed by atoms with Gasteiger partial charge >= 0.3 is 0 Å². The molecule has 2 N–H and O–H groups in total. The number of anilines is 2. The largest absolute Gasteiger partial charge is 0.354 e. The first kappa shape index (κ1) is 19.9. The van der Waals surface area contributed by atoms with Gasteiger partial charge in [0, 0.05) is 6.54 Å². The van der Waals surface area contributed by atoms with Crippen LogP contribution in [0.3, 0.4) is 0 Å². The molecular formula is C22H17Cl2N5O. The number of hydrogen-bond donors (Lipinski definition) is 2. The maximum atomic E-state index is 12.8. The molecule has 0 bridgehead atoms. The van der Waals surface area contributed by atoms with Crippen molar-refractivity contribution in [3.05, 3.63) is 101 Å². The summed E-state index contributed by atoms with van der Waals surface area (Å²) >= 11 is 12.3. The molecule has 30 heavy (non-hydrogen) atoms. The molecule has 0 saturated heterocycles. The molecule has 0 aliphatic heterocycles. The van der Waals surface area contributed by atoms with Crippen molar-refractivity contribution >= 4 is 40.5 Å². The Morgan fingerprint density at radius 2 is 1.70 bits per heavy atom. The molecule has 0 unspecified atom stereocenters. The van der Waals surface area contributed by atoms with Gasteiger partial charge in [-0.25, -0.2) is 9.67 Å². The van der Waals surface area contributed by atoms with E-state index in [4.69, 9.17) is 23.2 Å². The highest BCUT2D eigenvalue weighted by atomic mass is 35.5. The highest BCUT2D eigenvalue weighted by Gasteiger charge is 2.13. The summed E-state index contributed by atoms with van der Waals surface area (Å²) in [5, 5.41) is 11.1. The maximum absolute atomic E-state index is 12.8. The number of amides is 1. The van der Waals surface area contributed by atoms with Gasteiger partial charge in [0.2, 0.25) is 0 Å². The number of aromatic nitrogens is 3. The van der Waals surface area contributed by atoms with E-state index in [2.05, 4.69) is 20.7 Å². The lowest BCUT2D eigenvalue weighted by atomic mass is 10.1. The first-order valence-electron chi connectivity index (χ1n) is 9.14. The summed E-state index contributed by atoms with van der Waals surface area (Å²) in [5.41, 5.74) is 3.65. The molecule has 0 spiro atoms. The van der Waals surface area contributed by atoms with Crippen LogP contribution in [-0.4, -0.2) is 20.7 Å². The van der Waals surface area contributed by atoms with Gasteiger partial charge in [0.25, 0.3) is 5.91 Å². The van der Waals surface area contributed by atoms with Gasteiger partial charge in [0.05, 0.1) is 32.7 Å². The second kappa shape index (κ2) is 8.98. The first-order valence-corrected chi connectivity index (χ1v) is 9.89. The molecule has 1 amide bonds. The number of benzene rings is 3. The summed E-state index contributed by atoms with van der Waals surface area (Å²) in [6.45, 7) is 0.392. The van der Waals surface area contributed by atoms with E-state index in [0.717, 1.165) is 11.3 Å². The van der Waals surface area contributed by atoms with Crippen LogP contribution in [0.2, 0.25) is 10.0 Å². The Kier molecular flexibility index (Phi) is 5.97. The van der Waals surface area contributed by atoms with Crippen molar-refractivity contribution in [1.82, 2.24) is 20.1 Å². The number of carbonyl (C=O) groups is 1. The summed E-state index contributed by atoms with van der Waals surface area (Å²) in [5.74, 6) is -0.198. The molecule has 4 aromatic rings. The third-order valence-electron chi connectivity index (χ3n) is 4.47. The van der Waals surface area contributed by atoms with E-state index in [0.29, 0.717) is 33.5 Å². The Balaban J connectivity index is 1.46. The Labute approximate surface area is 183 Å². The summed E-state index contributed by atoms with van der Waals surface area (Å²) in [7, 11) is 0. The van der Waals surface area contributed by atoms with Crippen LogP contribution in [0.5, 0.6) is 0 Å². The second-order valence-electron chi connectivity index (χ2n) is 6.46. The van der Waals surface area contributed by atoms with Crippen molar-refractivity contribution in [2.24, 2.45) is 0 Å². The van der Waals surface area contributed by atoms with Crippen LogP contribution in [0, 0.1) is 0 Å². The zero-order valence-corrected chi connectivity index (χ0v) is 17.2. The predicted molar refractivity (Wildman–Crippen MR) is 119 cm³/mol. The zero-order valence-electron chi connectivity index (χ0n) is 15.7. The van der Waals surface area contributed by atoms with Gasteiger partial charge < -0.3 is 10.6 Å². The molecule has 150 valence electrons. The molecule has 1 aromatic heterocycles. The van der Waals surface area contributed by atoms with E-state index in [1.54, 1.807) is 35.3 Å². The standard InChI is InChI=1S/C22H17Cl2N5O/c23-18-5-3-7-20(21(18)24)28-19-6-2-1-4-17(19)22(30)26-12-15-8-10-16(11-9-15)29-14-25-13-27-29/h1-11,13-14,28H,12H2,(H,26,30). The molecule has 0 saturated carbocycles. The van der Waals surface area contributed by atoms with E-state index in [9.17, 15) is 4.79 Å². The number of para-hydroxylation sites is 1. The topological polar surface area (TPSA) is 71.8 Å². The lowest BCUT2D eigenvalue weighted by molar-refractivity contribution is 0.0952. The van der Waals surface area contributed by atoms with Crippen molar-refractivity contribution in [2.45, 2.75) is 6.54 Å². The smallest absolute Gasteiger partial charge is 0.253 e. The van der Waals surface area contributed by atoms with Gasteiger partial charge in [-0.3, -0.25) is 4.79 Å². The van der Waals surface area contributed by atoms with Crippen LogP contribution < -0.4 is 10.6 Å². The average molecular weight is 438 g/mol. The van der Waals surface area contributed by atoms with Crippen molar-refractivity contribution in [3.63, 3.8) is 0 Å². The SMILES string of the molecule is O=C(NCc1ccc(-n2cncn2)cc1)c1ccccc1Nc1cccc(Cl)c1Cl. The van der Waals surface area contributed by atoms with Crippen LogP contribution in [0.4, 0.5) is 11.4 Å². The summed E-state index contributed by atoms with van der Waals surface area (Å²) < 4.78 is 1.67. The van der Waals surface area contributed by atoms with Crippen LogP contribution in [0.15, 0.2) is 79.4 Å². The lowest BCUT2D eigenvalue weighted by Crippen LogP contribution is -2.23. The fourth-order valence-electron chi connectivity index (χ4n) is 2.92. The van der Waals surface area contributed by atoms with Gasteiger partial charge in [-0.15, -0.1) is 0 Å². The van der Waals surface area contributed by atoms with Crippen LogP contribution >= 0.6 is 23.2 Å². The normalized spacial score (nSPS) is 10.6. The minimum atomic E-state index is -0.198. The first-order chi connectivity index (χ1) is 14.6. The molecule has 0 fully saturated rings. The van der Waals surface area contributed by atoms with E-state index < -0.39 is 0 Å². The maximum Gasteiger partial charge on any atom is 0.253 e. The van der Waals surface area contributed by atoms with Gasteiger partial charge in [-0.05, 0) is 42.0 Å². The van der Waals surface area contributed by atoms with E-state index in [1.165, 1.54) is 6.33 Å². The predicted octanol–water partition coefficient (Wildman–Crippen LogP) is 5.25. The number of nitrogens with zero attached hydrogens (tertiary/aromatic N) is 3. The zero-order chi connectivity index (χ0) is 20.9. The van der Waals surface area contributed by atoms with Crippen LogP contribution in [0.1, 0.15) is 15.9 Å². The van der Waals surface area contributed by atoms with Gasteiger partial charge in [-0.1, -0.05) is 53.5 Å². The molecule has 0 aliphatic carbocycles. The summed E-state index contributed by atoms with van der Waals surface area (Å²) in [6, 6.07) is 20.3. The third-order valence-corrected chi connectivity index (χ3v) is 5.28. The molecule has 0 atom stereocenters. The average Bonchev–Trinajstić information content (AvgIpc) is 3.31. The Morgan fingerprint density at radius 3 is 2.47 bits per heavy atom. The lowest BCUT2D eigenvalue weighted by Gasteiger charge is -2.14. The quantitative estimate of drug-likeness (QED) is 0.432. The number of hydrogen-bond acceptors (Lipinski definition) is 4. The van der Waals surface area contributed by atoms with Gasteiger partial charge in [-0.2, -0.15) is 5.10 Å². The molecule has 3 aromatic carbocycles. The summed E-state index contributed by atoms with van der Waals surface area (Å²) in [6.07, 6.45) is 3.11. The molecule has 0 aliphatic rings. The van der Waals surface area contributed by atoms with Crippen molar-refractivity contribution < 1.29 is 4.79 Å². The second-order valence-corrected chi connectivity index (χ2v) is 7.25. The minimum Gasteiger partial charge on any atom is -0.354 e. The van der Waals surface area contributed by atoms with Crippen molar-refractivity contribution in [1.29, 1.82) is 0 Å². The Morgan fingerprint density at radius 1 is 0.933 bits per heavy atom. The molecule has 6 nitrogen and oxygen atoms in total.